The third-order valence-corrected chi connectivity index (χ3v) is 17.2. The van der Waals surface area contributed by atoms with Crippen LogP contribution in [-0.4, -0.2) is 178 Å². The van der Waals surface area contributed by atoms with Gasteiger partial charge >= 0.3 is 0 Å². The van der Waals surface area contributed by atoms with Gasteiger partial charge in [0.25, 0.3) is 0 Å². The quantitative estimate of drug-likeness (QED) is 0.0218. The summed E-state index contributed by atoms with van der Waals surface area (Å²) in [6.45, 7) is 17.5. The Bertz CT molecular complexity index is 4500. The van der Waals surface area contributed by atoms with Crippen LogP contribution in [0.2, 0.25) is 0 Å². The zero-order valence-corrected chi connectivity index (χ0v) is 80.9. The topological polar surface area (TPSA) is 320 Å². The van der Waals surface area contributed by atoms with Crippen molar-refractivity contribution in [2.75, 3.05) is 48.9 Å². The van der Waals surface area contributed by atoms with Crippen molar-refractivity contribution in [3.05, 3.63) is 249 Å². The first-order valence-corrected chi connectivity index (χ1v) is 38.8. The number of hydrogen-bond donors (Lipinski definition) is 8. The van der Waals surface area contributed by atoms with E-state index in [2.05, 4.69) is 115 Å². The molecule has 27 heteroatoms. The number of thioether (sulfide) groups is 1. The molecular weight excluding hydrogens is 2250 g/mol. The maximum Gasteiger partial charge on any atom is 0.128 e. The van der Waals surface area contributed by atoms with Crippen molar-refractivity contribution in [3.63, 3.8) is 0 Å². The number of ether oxygens (including phenoxy) is 6. The zero-order chi connectivity index (χ0) is 85.1. The van der Waals surface area contributed by atoms with E-state index in [0.717, 1.165) is 119 Å². The molecule has 22 nitrogen and oxygen atoms in total. The summed E-state index contributed by atoms with van der Waals surface area (Å²) in [6.07, 6.45) is 7.24. The molecule has 4 heterocycles. The first-order valence-electron chi connectivity index (χ1n) is 37.6. The van der Waals surface area contributed by atoms with Crippen LogP contribution in [0.4, 0.5) is 0 Å². The average molecular weight is 2360 g/mol. The number of aryl methyl sites for hydroxylation is 2. The molecule has 8 atom stereocenters. The first kappa shape index (κ1) is 110. The van der Waals surface area contributed by atoms with Crippen LogP contribution in [-0.2, 0) is 80.4 Å². The van der Waals surface area contributed by atoms with Crippen molar-refractivity contribution in [2.24, 2.45) is 0 Å². The van der Waals surface area contributed by atoms with E-state index in [9.17, 15) is 0 Å². The molecule has 652 valence electrons. The molecule has 0 saturated heterocycles. The first-order chi connectivity index (χ1) is 55.6. The Morgan fingerprint density at radius 2 is 0.725 bits per heavy atom. The molecule has 0 amide bonds. The van der Waals surface area contributed by atoms with Crippen molar-refractivity contribution in [2.45, 2.75) is 149 Å². The molecule has 0 bridgehead atoms. The predicted molar refractivity (Wildman–Crippen MR) is 459 cm³/mol. The molecule has 0 saturated carbocycles. The maximum atomic E-state index is 8.56. The van der Waals surface area contributed by atoms with E-state index in [-0.39, 0.29) is 129 Å². The van der Waals surface area contributed by atoms with Gasteiger partial charge in [0.15, 0.2) is 0 Å². The Labute approximate surface area is 766 Å². The maximum absolute atomic E-state index is 8.56. The average Bonchev–Trinajstić information content (AvgIpc) is 0.827. The molecule has 4 aromatic heterocycles. The fraction of sp³-hybridized carbons (Fsp3) is 0.312. The molecule has 12 aromatic rings. The van der Waals surface area contributed by atoms with Crippen LogP contribution in [0, 0.1) is 38.1 Å². The van der Waals surface area contributed by atoms with Crippen LogP contribution in [0.25, 0.3) is 90.1 Å². The smallest absolute Gasteiger partial charge is 0.128 e. The number of benzene rings is 8. The van der Waals surface area contributed by atoms with Crippen molar-refractivity contribution >= 4 is 11.8 Å². The van der Waals surface area contributed by atoms with Crippen LogP contribution in [0.15, 0.2) is 218 Å². The van der Waals surface area contributed by atoms with E-state index >= 15 is 0 Å². The Morgan fingerprint density at radius 1 is 0.317 bits per heavy atom. The van der Waals surface area contributed by atoms with Gasteiger partial charge in [-0.2, -0.15) is 11.8 Å². The second-order valence-electron chi connectivity index (χ2n) is 26.9. The van der Waals surface area contributed by atoms with Gasteiger partial charge in [-0.05, 0) is 189 Å². The summed E-state index contributed by atoms with van der Waals surface area (Å²) in [5.74, 6) is 4.67. The number of aromatic nitrogens is 8. The van der Waals surface area contributed by atoms with E-state index in [4.69, 9.17) is 69.3 Å². The van der Waals surface area contributed by atoms with E-state index in [1.54, 1.807) is 135 Å². The van der Waals surface area contributed by atoms with Crippen molar-refractivity contribution in [3.8, 4) is 125 Å². The molecule has 12 rings (SSSR count). The molecule has 0 aliphatic carbocycles. The molecule has 0 fully saturated rings. The third kappa shape index (κ3) is 40.0. The van der Waals surface area contributed by atoms with Crippen molar-refractivity contribution < 1.29 is 150 Å². The molecule has 120 heavy (non-hydrogen) atoms. The molecular formula is C93H110Ir4N8O14S-4. The number of para-hydroxylation sites is 1. The molecule has 4 radical (unpaired) electrons. The standard InChI is InChI=1S/C19H17N2S.3C18H15N2O2.4C5H12O2.4Ir/c1-13-5-4-6-14(2)19(13)18-11-17(20-12-21-18)15-7-9-16(22-3)10-8-15;1-21-15-7-3-13(4-8-15)17-11-18(20-12-19-17)14-5-9-16(22-2)10-6-14;1-21-15-7-3-5-13(9-15)17-11-18(20-12-19-17)14-6-4-8-16(10-14)22-2;1-21-17-9-5-3-7-13(17)15-11-16(20-12-19-15)14-8-4-6-10-18(14)22-2;4*1-4(6)3-5(2)7;;;;/h4-7,9-12H,1-3H3;2*3-5,7-12H,1-2H3;3-7,9-12H,1-2H3;4*4-7H,3H2,1-2H3;;;;/q4*-1;;;;;;;;. The number of nitrogens with zero attached hydrogens (tertiary/aromatic N) is 8. The minimum atomic E-state index is -0.375. The number of hydrogen-bond acceptors (Lipinski definition) is 23. The molecule has 8 aromatic carbocycles. The molecule has 0 spiro atoms. The third-order valence-electron chi connectivity index (χ3n) is 16.4. The predicted octanol–water partition coefficient (Wildman–Crippen LogP) is 16.4. The van der Waals surface area contributed by atoms with Gasteiger partial charge in [0.2, 0.25) is 0 Å². The Kier molecular flexibility index (Phi) is 54.8. The van der Waals surface area contributed by atoms with E-state index in [1.807, 2.05) is 152 Å². The molecule has 0 aliphatic rings. The van der Waals surface area contributed by atoms with Gasteiger partial charge in [0.05, 0.1) is 114 Å². The van der Waals surface area contributed by atoms with Crippen LogP contribution in [0.5, 0.6) is 34.5 Å². The molecule has 8 N–H and O–H groups in total. The summed E-state index contributed by atoms with van der Waals surface area (Å²) in [7, 11) is 9.85. The summed E-state index contributed by atoms with van der Waals surface area (Å²) in [5.41, 5.74) is 16.8. The van der Waals surface area contributed by atoms with Gasteiger partial charge in [0, 0.05) is 114 Å². The fourth-order valence-corrected chi connectivity index (χ4v) is 11.5. The summed E-state index contributed by atoms with van der Waals surface area (Å²) >= 11 is 1.71. The van der Waals surface area contributed by atoms with Gasteiger partial charge in [-0.1, -0.05) is 77.2 Å². The zero-order valence-electron chi connectivity index (χ0n) is 70.5. The number of methoxy groups -OCH3 is 6. The van der Waals surface area contributed by atoms with E-state index < -0.39 is 0 Å². The number of aliphatic hydroxyl groups is 8. The fourth-order valence-electron chi connectivity index (χ4n) is 11.1. The van der Waals surface area contributed by atoms with E-state index in [1.165, 1.54) is 27.9 Å². The normalized spacial score (nSPS) is 12.0. The summed E-state index contributed by atoms with van der Waals surface area (Å²) in [5, 5.41) is 68.5. The minimum Gasteiger partial charge on any atom is -0.540 e. The molecule has 8 unspecified atom stereocenters. The van der Waals surface area contributed by atoms with Crippen molar-refractivity contribution in [1.82, 2.24) is 39.9 Å². The Balaban J connectivity index is 0.000000715. The van der Waals surface area contributed by atoms with Gasteiger partial charge in [-0.15, -0.1) is 114 Å². The number of rotatable bonds is 23. The minimum absolute atomic E-state index is 0. The Morgan fingerprint density at radius 3 is 1.18 bits per heavy atom. The largest absolute Gasteiger partial charge is 0.540 e. The van der Waals surface area contributed by atoms with Crippen LogP contribution in [0.3, 0.4) is 0 Å². The SMILES string of the molecule is CC(O)CC(C)O.CC(O)CC(C)O.CC(O)CC(C)O.CC(O)CC(C)O.COc1c[c-]c(-c2cc(-c3ccc(OC)cc3)ncn2)cc1.COc1cc[c-]c(-c2cc(-c3cccc(OC)c3)ncn2)c1.COc1ccc[c-]c1-c1cc(-c2ccccc2OC)ncn1.CSc1c[c-]c(-c2cc(-c3c(C)cccc3C)ncn2)cc1.[Ir].[Ir].[Ir].[Ir]. The van der Waals surface area contributed by atoms with Gasteiger partial charge in [-0.25, -0.2) is 19.9 Å². The second kappa shape index (κ2) is 60.1. The summed E-state index contributed by atoms with van der Waals surface area (Å²) in [6, 6.07) is 73.2. The Hall–Kier alpha value is -8.49. The van der Waals surface area contributed by atoms with Gasteiger partial charge in [0.1, 0.15) is 42.6 Å². The summed E-state index contributed by atoms with van der Waals surface area (Å²) < 4.78 is 31.6. The second-order valence-corrected chi connectivity index (χ2v) is 27.7. The van der Waals surface area contributed by atoms with Crippen LogP contribution in [0.1, 0.15) is 92.2 Å². The van der Waals surface area contributed by atoms with Gasteiger partial charge in [-0.3, -0.25) is 19.9 Å². The number of aliphatic hydroxyl groups excluding tert-OH is 8. The molecule has 0 aliphatic heterocycles. The van der Waals surface area contributed by atoms with E-state index in [0.29, 0.717) is 25.7 Å². The van der Waals surface area contributed by atoms with Crippen molar-refractivity contribution in [1.29, 1.82) is 0 Å². The summed E-state index contributed by atoms with van der Waals surface area (Å²) in [4.78, 5) is 36.1. The van der Waals surface area contributed by atoms with Gasteiger partial charge < -0.3 is 69.3 Å². The van der Waals surface area contributed by atoms with Crippen LogP contribution >= 0.6 is 11.8 Å². The van der Waals surface area contributed by atoms with Crippen LogP contribution < -0.4 is 28.4 Å². The monoisotopic (exact) mass is 2370 g/mol.